The molecule has 5 heteroatoms. The van der Waals surface area contributed by atoms with Crippen molar-refractivity contribution < 1.29 is 9.22 Å². The lowest BCUT2D eigenvalue weighted by atomic mass is 9.82. The van der Waals surface area contributed by atoms with E-state index in [1.165, 1.54) is 0 Å². The second-order valence-corrected chi connectivity index (χ2v) is 12.9. The van der Waals surface area contributed by atoms with E-state index in [1.54, 1.807) is 12.3 Å². The molecule has 0 radical (unpaired) electrons. The van der Waals surface area contributed by atoms with Gasteiger partial charge in [0.2, 0.25) is 0 Å². The topological polar surface area (TPSA) is 39.2 Å². The molecule has 0 unspecified atom stereocenters. The van der Waals surface area contributed by atoms with Crippen LogP contribution in [0, 0.1) is 0 Å². The maximum Gasteiger partial charge on any atom is 0.192 e. The van der Waals surface area contributed by atoms with Crippen LogP contribution in [0.2, 0.25) is 23.3 Å². The van der Waals surface area contributed by atoms with Crippen LogP contribution in [-0.2, 0) is 9.22 Å². The highest BCUT2D eigenvalue weighted by molar-refractivity contribution is 6.74. The molecule has 0 saturated heterocycles. The number of hydrogen-bond acceptors (Lipinski definition) is 3. The van der Waals surface area contributed by atoms with E-state index < -0.39 is 8.32 Å². The van der Waals surface area contributed by atoms with Gasteiger partial charge in [0, 0.05) is 24.6 Å². The molecule has 0 spiro atoms. The fourth-order valence-corrected chi connectivity index (χ4v) is 4.12. The summed E-state index contributed by atoms with van der Waals surface area (Å²) in [6, 6.07) is 3.66. The van der Waals surface area contributed by atoms with Crippen molar-refractivity contribution in [3.63, 3.8) is 0 Å². The van der Waals surface area contributed by atoms with Crippen molar-refractivity contribution >= 4 is 25.7 Å². The number of ketones is 1. The lowest BCUT2D eigenvalue weighted by Gasteiger charge is -2.41. The van der Waals surface area contributed by atoms with Crippen LogP contribution in [0.15, 0.2) is 18.3 Å². The van der Waals surface area contributed by atoms with Crippen molar-refractivity contribution in [2.45, 2.75) is 70.2 Å². The average Bonchev–Trinajstić information content (AvgIpc) is 2.40. The summed E-state index contributed by atoms with van der Waals surface area (Å²) in [7, 11) is -1.80. The van der Waals surface area contributed by atoms with Crippen LogP contribution in [0.25, 0.3) is 0 Å². The Hall–Kier alpha value is -0.713. The summed E-state index contributed by atoms with van der Waals surface area (Å²) in [5, 5.41) is 0.646. The highest BCUT2D eigenvalue weighted by Crippen LogP contribution is 2.40. The minimum atomic E-state index is -1.80. The van der Waals surface area contributed by atoms with E-state index in [9.17, 15) is 4.79 Å². The van der Waals surface area contributed by atoms with Crippen molar-refractivity contribution in [3.05, 3.63) is 29.0 Å². The second-order valence-electron chi connectivity index (χ2n) is 7.71. The third-order valence-electron chi connectivity index (χ3n) is 5.02. The molecule has 0 amide bonds. The number of rotatable bonds is 3. The fraction of sp³-hybridized carbons (Fsp3) is 0.647. The quantitative estimate of drug-likeness (QED) is 0.577. The van der Waals surface area contributed by atoms with E-state index in [4.69, 9.17) is 16.0 Å². The Morgan fingerprint density at radius 2 is 2.00 bits per heavy atom. The van der Waals surface area contributed by atoms with E-state index in [0.717, 1.165) is 18.4 Å². The molecule has 3 nitrogen and oxygen atoms in total. The predicted octanol–water partition coefficient (Wildman–Crippen LogP) is 4.96. The summed E-state index contributed by atoms with van der Waals surface area (Å²) >= 11 is 5.84. The van der Waals surface area contributed by atoms with Crippen molar-refractivity contribution in [2.75, 3.05) is 0 Å². The van der Waals surface area contributed by atoms with Gasteiger partial charge in [-0.15, -0.1) is 0 Å². The number of carbonyl (C=O) groups is 1. The molecule has 2 rings (SSSR count). The fourth-order valence-electron chi connectivity index (χ4n) is 2.61. The zero-order valence-electron chi connectivity index (χ0n) is 14.1. The third-order valence-corrected chi connectivity index (χ3v) is 9.78. The molecule has 122 valence electrons. The van der Waals surface area contributed by atoms with Gasteiger partial charge in [-0.1, -0.05) is 38.4 Å². The maximum absolute atomic E-state index is 12.3. The monoisotopic (exact) mass is 339 g/mol. The van der Waals surface area contributed by atoms with Gasteiger partial charge in [0.25, 0.3) is 0 Å². The molecule has 1 aliphatic rings. The van der Waals surface area contributed by atoms with Crippen molar-refractivity contribution in [1.29, 1.82) is 0 Å². The first kappa shape index (κ1) is 17.6. The molecular weight excluding hydrogens is 314 g/mol. The zero-order valence-corrected chi connectivity index (χ0v) is 15.9. The molecule has 1 saturated carbocycles. The summed E-state index contributed by atoms with van der Waals surface area (Å²) in [5.41, 5.74) is 0.956. The minimum absolute atomic E-state index is 0.103. The van der Waals surface area contributed by atoms with Gasteiger partial charge in [0.05, 0.1) is 0 Å². The molecule has 22 heavy (non-hydrogen) atoms. The predicted molar refractivity (Wildman–Crippen MR) is 92.9 cm³/mol. The van der Waals surface area contributed by atoms with Gasteiger partial charge >= 0.3 is 0 Å². The van der Waals surface area contributed by atoms with Gasteiger partial charge in [-0.25, -0.2) is 4.98 Å². The maximum atomic E-state index is 12.3. The van der Waals surface area contributed by atoms with Crippen LogP contribution in [0.4, 0.5) is 0 Å². The number of hydrogen-bond donors (Lipinski definition) is 0. The van der Waals surface area contributed by atoms with Crippen LogP contribution in [0.3, 0.4) is 0 Å². The Morgan fingerprint density at radius 1 is 1.32 bits per heavy atom. The first-order valence-corrected chi connectivity index (χ1v) is 11.2. The molecule has 1 aromatic heterocycles. The van der Waals surface area contributed by atoms with Crippen LogP contribution in [0.5, 0.6) is 0 Å². The summed E-state index contributed by atoms with van der Waals surface area (Å²) < 4.78 is 6.51. The number of carbonyl (C=O) groups excluding carboxylic acids is 1. The Morgan fingerprint density at radius 3 is 2.55 bits per heavy atom. The number of pyridine rings is 1. The largest absolute Gasteiger partial charge is 0.414 e. The SMILES string of the molecule is CC(C)(C)[Si](C)(C)O[C@H]1CCC(=O)[C@H](c2ccc(Cl)nc2)C1. The molecule has 0 aromatic carbocycles. The molecule has 2 atom stereocenters. The molecule has 0 aliphatic heterocycles. The van der Waals surface area contributed by atoms with Crippen molar-refractivity contribution in [2.24, 2.45) is 0 Å². The lowest BCUT2D eigenvalue weighted by molar-refractivity contribution is -0.123. The van der Waals surface area contributed by atoms with Crippen LogP contribution in [-0.4, -0.2) is 25.2 Å². The second kappa shape index (κ2) is 6.42. The first-order chi connectivity index (χ1) is 10.1. The van der Waals surface area contributed by atoms with E-state index in [1.807, 2.05) is 6.07 Å². The minimum Gasteiger partial charge on any atom is -0.414 e. The molecule has 0 N–H and O–H groups in total. The number of Topliss-reactive ketones (excluding diaryl/α,β-unsaturated/α-hetero) is 1. The molecule has 1 heterocycles. The third kappa shape index (κ3) is 3.97. The summed E-state index contributed by atoms with van der Waals surface area (Å²) in [4.78, 5) is 16.4. The van der Waals surface area contributed by atoms with E-state index in [-0.39, 0.29) is 17.1 Å². The normalized spacial score (nSPS) is 23.6. The van der Waals surface area contributed by atoms with Gasteiger partial charge in [-0.05, 0) is 42.6 Å². The number of nitrogens with zero attached hydrogens (tertiary/aromatic N) is 1. The van der Waals surface area contributed by atoms with Gasteiger partial charge in [-0.2, -0.15) is 0 Å². The standard InChI is InChI=1S/C17H26ClNO2Si/c1-17(2,3)22(4,5)21-13-7-8-15(20)14(10-13)12-6-9-16(18)19-11-12/h6,9,11,13-14H,7-8,10H2,1-5H3/t13-,14-/m0/s1. The van der Waals surface area contributed by atoms with Crippen LogP contribution >= 0.6 is 11.6 Å². The van der Waals surface area contributed by atoms with Crippen LogP contribution < -0.4 is 0 Å². The Balaban J connectivity index is 2.11. The molecular formula is C17H26ClNO2Si. The highest BCUT2D eigenvalue weighted by atomic mass is 35.5. The average molecular weight is 340 g/mol. The molecule has 1 aliphatic carbocycles. The smallest absolute Gasteiger partial charge is 0.192 e. The summed E-state index contributed by atoms with van der Waals surface area (Å²) in [6.07, 6.45) is 4.07. The zero-order chi connectivity index (χ0) is 16.5. The van der Waals surface area contributed by atoms with E-state index in [0.29, 0.717) is 17.4 Å². The Kier molecular flexibility index (Phi) is 5.15. The van der Waals surface area contributed by atoms with Gasteiger partial charge in [0.1, 0.15) is 10.9 Å². The number of halogens is 1. The van der Waals surface area contributed by atoms with Crippen LogP contribution in [0.1, 0.15) is 51.5 Å². The van der Waals surface area contributed by atoms with E-state index >= 15 is 0 Å². The lowest BCUT2D eigenvalue weighted by Crippen LogP contribution is -2.45. The van der Waals surface area contributed by atoms with E-state index in [2.05, 4.69) is 38.8 Å². The van der Waals surface area contributed by atoms with Gasteiger partial charge in [0.15, 0.2) is 8.32 Å². The van der Waals surface area contributed by atoms with Gasteiger partial charge in [-0.3, -0.25) is 4.79 Å². The molecule has 1 fully saturated rings. The molecule has 1 aromatic rings. The Bertz CT molecular complexity index is 537. The number of aromatic nitrogens is 1. The van der Waals surface area contributed by atoms with Gasteiger partial charge < -0.3 is 4.43 Å². The summed E-state index contributed by atoms with van der Waals surface area (Å²) in [6.45, 7) is 11.3. The first-order valence-electron chi connectivity index (χ1n) is 7.92. The summed E-state index contributed by atoms with van der Waals surface area (Å²) in [5.74, 6) is 0.187. The highest BCUT2D eigenvalue weighted by Gasteiger charge is 2.41. The Labute approximate surface area is 139 Å². The van der Waals surface area contributed by atoms with Crippen molar-refractivity contribution in [1.82, 2.24) is 4.98 Å². The van der Waals surface area contributed by atoms with Crippen molar-refractivity contribution in [3.8, 4) is 0 Å². The molecule has 0 bridgehead atoms.